The van der Waals surface area contributed by atoms with Gasteiger partial charge in [0.2, 0.25) is 10.0 Å². The quantitative estimate of drug-likeness (QED) is 0.862. The van der Waals surface area contributed by atoms with E-state index in [4.69, 9.17) is 22.1 Å². The van der Waals surface area contributed by atoms with E-state index in [1.165, 1.54) is 10.4 Å². The number of ether oxygens (including phenoxy) is 1. The van der Waals surface area contributed by atoms with E-state index in [1.807, 2.05) is 0 Å². The zero-order valence-electron chi connectivity index (χ0n) is 12.5. The van der Waals surface area contributed by atoms with Gasteiger partial charge in [0, 0.05) is 20.2 Å². The molecule has 0 spiro atoms. The lowest BCUT2D eigenvalue weighted by molar-refractivity contribution is 0.0183. The highest BCUT2D eigenvalue weighted by Gasteiger charge is 2.34. The van der Waals surface area contributed by atoms with Gasteiger partial charge in [-0.1, -0.05) is 18.5 Å². The normalized spacial score (nSPS) is 24.2. The molecule has 1 aromatic rings. The number of methoxy groups -OCH3 is 1. The van der Waals surface area contributed by atoms with Gasteiger partial charge in [-0.05, 0) is 37.0 Å². The maximum Gasteiger partial charge on any atom is 0.243 e. The molecular weight excluding hydrogens is 312 g/mol. The second-order valence-corrected chi connectivity index (χ2v) is 7.86. The molecule has 0 radical (unpaired) electrons. The molecule has 5 nitrogen and oxygen atoms in total. The van der Waals surface area contributed by atoms with Crippen molar-refractivity contribution in [3.8, 4) is 0 Å². The minimum absolute atomic E-state index is 0.0847. The summed E-state index contributed by atoms with van der Waals surface area (Å²) < 4.78 is 32.5. The molecule has 2 rings (SSSR count). The largest absolute Gasteiger partial charge is 0.397 e. The van der Waals surface area contributed by atoms with Crippen LogP contribution in [0.1, 0.15) is 18.9 Å². The zero-order chi connectivity index (χ0) is 15.8. The molecule has 1 heterocycles. The molecular formula is C14H21ClN2O3S. The number of nitrogens with two attached hydrogens (primary N) is 1. The van der Waals surface area contributed by atoms with E-state index in [1.54, 1.807) is 20.1 Å². The monoisotopic (exact) mass is 332 g/mol. The van der Waals surface area contributed by atoms with Crippen LogP contribution in [0.4, 0.5) is 5.69 Å². The standard InChI is InChI=1S/C14H21ClN2O3S/c1-9-4-5-17(8-13(9)20-3)21(18,19)14-7-12(16)11(15)6-10(14)2/h6-7,9,13H,4-5,8,16H2,1-3H3. The molecule has 1 aliphatic heterocycles. The number of hydrogen-bond acceptors (Lipinski definition) is 4. The molecule has 0 amide bonds. The maximum atomic E-state index is 12.8. The Balaban J connectivity index is 2.37. The fraction of sp³-hybridized carbons (Fsp3) is 0.571. The van der Waals surface area contributed by atoms with Crippen LogP contribution in [0.3, 0.4) is 0 Å². The number of halogens is 1. The van der Waals surface area contributed by atoms with E-state index in [0.717, 1.165) is 6.42 Å². The van der Waals surface area contributed by atoms with Gasteiger partial charge < -0.3 is 10.5 Å². The molecule has 21 heavy (non-hydrogen) atoms. The number of benzene rings is 1. The molecule has 2 atom stereocenters. The highest BCUT2D eigenvalue weighted by atomic mass is 35.5. The van der Waals surface area contributed by atoms with Gasteiger partial charge in [0.05, 0.1) is 21.7 Å². The summed E-state index contributed by atoms with van der Waals surface area (Å²) in [6, 6.07) is 3.02. The first kappa shape index (κ1) is 16.5. The zero-order valence-corrected chi connectivity index (χ0v) is 14.0. The number of piperidine rings is 1. The third kappa shape index (κ3) is 3.18. The number of sulfonamides is 1. The van der Waals surface area contributed by atoms with Crippen molar-refractivity contribution in [3.63, 3.8) is 0 Å². The molecule has 1 aliphatic rings. The molecule has 2 N–H and O–H groups in total. The fourth-order valence-electron chi connectivity index (χ4n) is 2.62. The van der Waals surface area contributed by atoms with Crippen LogP contribution >= 0.6 is 11.6 Å². The van der Waals surface area contributed by atoms with Crippen molar-refractivity contribution in [2.45, 2.75) is 31.3 Å². The molecule has 7 heteroatoms. The van der Waals surface area contributed by atoms with Gasteiger partial charge in [0.25, 0.3) is 0 Å². The molecule has 118 valence electrons. The summed E-state index contributed by atoms with van der Waals surface area (Å²) >= 11 is 5.93. The molecule has 2 unspecified atom stereocenters. The van der Waals surface area contributed by atoms with Crippen LogP contribution < -0.4 is 5.73 Å². The first-order valence-corrected chi connectivity index (χ1v) is 8.67. The van der Waals surface area contributed by atoms with Crippen molar-refractivity contribution in [2.24, 2.45) is 5.92 Å². The van der Waals surface area contributed by atoms with Crippen LogP contribution in [0, 0.1) is 12.8 Å². The molecule has 1 saturated heterocycles. The predicted molar refractivity (Wildman–Crippen MR) is 83.9 cm³/mol. The number of aryl methyl sites for hydroxylation is 1. The van der Waals surface area contributed by atoms with E-state index in [9.17, 15) is 8.42 Å². The van der Waals surface area contributed by atoms with Crippen molar-refractivity contribution in [1.82, 2.24) is 4.31 Å². The Labute approximate surface area is 131 Å². The van der Waals surface area contributed by atoms with Gasteiger partial charge in [-0.15, -0.1) is 0 Å². The van der Waals surface area contributed by atoms with Crippen LogP contribution in [0.2, 0.25) is 5.02 Å². The highest BCUT2D eigenvalue weighted by molar-refractivity contribution is 7.89. The molecule has 0 aromatic heterocycles. The second kappa shape index (κ2) is 6.12. The Kier molecular flexibility index (Phi) is 4.82. The van der Waals surface area contributed by atoms with Crippen LogP contribution in [-0.2, 0) is 14.8 Å². The van der Waals surface area contributed by atoms with Gasteiger partial charge in [0.15, 0.2) is 0 Å². The van der Waals surface area contributed by atoms with Crippen LogP contribution in [0.25, 0.3) is 0 Å². The van der Waals surface area contributed by atoms with Crippen LogP contribution in [0.15, 0.2) is 17.0 Å². The van der Waals surface area contributed by atoms with E-state index in [2.05, 4.69) is 6.92 Å². The van der Waals surface area contributed by atoms with Crippen LogP contribution in [-0.4, -0.2) is 39.0 Å². The van der Waals surface area contributed by atoms with E-state index >= 15 is 0 Å². The second-order valence-electron chi connectivity index (χ2n) is 5.54. The number of nitrogens with zero attached hydrogens (tertiary/aromatic N) is 1. The maximum absolute atomic E-state index is 12.8. The van der Waals surface area contributed by atoms with Crippen molar-refractivity contribution < 1.29 is 13.2 Å². The Morgan fingerprint density at radius 2 is 2.10 bits per heavy atom. The van der Waals surface area contributed by atoms with Gasteiger partial charge in [0.1, 0.15) is 0 Å². The number of rotatable bonds is 3. The molecule has 1 fully saturated rings. The predicted octanol–water partition coefficient (Wildman–Crippen LogP) is 2.28. The summed E-state index contributed by atoms with van der Waals surface area (Å²) in [6.07, 6.45) is 0.693. The number of hydrogen-bond donors (Lipinski definition) is 1. The Morgan fingerprint density at radius 1 is 1.43 bits per heavy atom. The third-order valence-electron chi connectivity index (χ3n) is 4.07. The smallest absolute Gasteiger partial charge is 0.243 e. The first-order chi connectivity index (χ1) is 9.77. The van der Waals surface area contributed by atoms with Crippen molar-refractivity contribution in [3.05, 3.63) is 22.7 Å². The summed E-state index contributed by atoms with van der Waals surface area (Å²) in [4.78, 5) is 0.216. The fourth-order valence-corrected chi connectivity index (χ4v) is 4.54. The topological polar surface area (TPSA) is 72.6 Å². The van der Waals surface area contributed by atoms with Gasteiger partial charge in [-0.25, -0.2) is 8.42 Å². The SMILES string of the molecule is COC1CN(S(=O)(=O)c2cc(N)c(Cl)cc2C)CCC1C. The van der Waals surface area contributed by atoms with Crippen molar-refractivity contribution in [2.75, 3.05) is 25.9 Å². The lowest BCUT2D eigenvalue weighted by Crippen LogP contribution is -2.46. The summed E-state index contributed by atoms with van der Waals surface area (Å²) in [7, 11) is -1.97. The molecule has 0 bridgehead atoms. The summed E-state index contributed by atoms with van der Waals surface area (Å²) in [5.41, 5.74) is 6.62. The van der Waals surface area contributed by atoms with Gasteiger partial charge in [-0.3, -0.25) is 0 Å². The summed E-state index contributed by atoms with van der Waals surface area (Å²) in [5.74, 6) is 0.345. The molecule has 0 aliphatic carbocycles. The minimum Gasteiger partial charge on any atom is -0.397 e. The average Bonchev–Trinajstić information content (AvgIpc) is 2.43. The highest BCUT2D eigenvalue weighted by Crippen LogP contribution is 2.30. The minimum atomic E-state index is -3.58. The Bertz CT molecular complexity index is 633. The van der Waals surface area contributed by atoms with Gasteiger partial charge >= 0.3 is 0 Å². The number of anilines is 1. The Hall–Kier alpha value is -0.820. The van der Waals surface area contributed by atoms with E-state index < -0.39 is 10.0 Å². The van der Waals surface area contributed by atoms with E-state index in [0.29, 0.717) is 29.6 Å². The number of nitrogen functional groups attached to an aromatic ring is 1. The van der Waals surface area contributed by atoms with Crippen molar-refractivity contribution in [1.29, 1.82) is 0 Å². The summed E-state index contributed by atoms with van der Waals surface area (Å²) in [5, 5.41) is 0.369. The lowest BCUT2D eigenvalue weighted by Gasteiger charge is -2.35. The van der Waals surface area contributed by atoms with Crippen molar-refractivity contribution >= 4 is 27.3 Å². The lowest BCUT2D eigenvalue weighted by atomic mass is 9.97. The first-order valence-electron chi connectivity index (χ1n) is 6.86. The third-order valence-corrected chi connectivity index (χ3v) is 6.40. The van der Waals surface area contributed by atoms with Crippen LogP contribution in [0.5, 0.6) is 0 Å². The molecule has 0 saturated carbocycles. The Morgan fingerprint density at radius 3 is 2.71 bits per heavy atom. The summed E-state index contributed by atoms with van der Waals surface area (Å²) in [6.45, 7) is 4.65. The average molecular weight is 333 g/mol. The van der Waals surface area contributed by atoms with Gasteiger partial charge in [-0.2, -0.15) is 4.31 Å². The molecule has 1 aromatic carbocycles. The van der Waals surface area contributed by atoms with E-state index in [-0.39, 0.29) is 16.7 Å².